The van der Waals surface area contributed by atoms with E-state index in [9.17, 15) is 30.7 Å². The first-order valence-electron chi connectivity index (χ1n) is 7.73. The Balaban J connectivity index is 2.29. The van der Waals surface area contributed by atoms with Gasteiger partial charge in [0.2, 0.25) is 0 Å². The van der Waals surface area contributed by atoms with Crippen molar-refractivity contribution in [2.75, 3.05) is 0 Å². The van der Waals surface area contributed by atoms with Crippen LogP contribution in [0.15, 0.2) is 36.1 Å². The summed E-state index contributed by atoms with van der Waals surface area (Å²) in [5, 5.41) is 7.14. The van der Waals surface area contributed by atoms with E-state index in [0.717, 1.165) is 0 Å². The third-order valence-corrected chi connectivity index (χ3v) is 3.86. The summed E-state index contributed by atoms with van der Waals surface area (Å²) < 4.78 is 91.0. The molecule has 4 N–H and O–H groups in total. The third-order valence-electron chi connectivity index (χ3n) is 3.57. The molecule has 15 heteroatoms. The molecule has 0 radical (unpaired) electrons. The van der Waals surface area contributed by atoms with Crippen LogP contribution in [0.4, 0.5) is 30.7 Å². The van der Waals surface area contributed by atoms with Crippen LogP contribution in [0.25, 0.3) is 11.9 Å². The number of alkyl halides is 7. The van der Waals surface area contributed by atoms with Crippen LogP contribution >= 0.6 is 11.6 Å². The minimum atomic E-state index is -6.56. The van der Waals surface area contributed by atoms with Gasteiger partial charge >= 0.3 is 18.0 Å². The van der Waals surface area contributed by atoms with Crippen molar-refractivity contribution in [3.05, 3.63) is 47.4 Å². The number of halogens is 8. The quantitative estimate of drug-likeness (QED) is 0.217. The maximum atomic E-state index is 13.5. The average Bonchev–Trinajstić information content (AvgIpc) is 3.03. The monoisotopic (exact) mass is 459 g/mol. The Bertz CT molecular complexity index is 955. The van der Waals surface area contributed by atoms with Gasteiger partial charge in [-0.15, -0.1) is 5.10 Å². The number of hydrazone groups is 1. The number of rotatable bonds is 7. The summed E-state index contributed by atoms with van der Waals surface area (Å²) in [7, 11) is 0. The molecule has 0 aromatic carbocycles. The van der Waals surface area contributed by atoms with E-state index >= 15 is 0 Å². The van der Waals surface area contributed by atoms with Crippen molar-refractivity contribution >= 4 is 23.5 Å². The van der Waals surface area contributed by atoms with Crippen LogP contribution in [0.1, 0.15) is 11.4 Å². The Morgan fingerprint density at radius 3 is 2.43 bits per heavy atom. The zero-order chi connectivity index (χ0) is 22.9. The second-order valence-corrected chi connectivity index (χ2v) is 6.12. The van der Waals surface area contributed by atoms with Crippen LogP contribution in [0.3, 0.4) is 0 Å². The largest absolute Gasteiger partial charge is 0.460 e. The summed E-state index contributed by atoms with van der Waals surface area (Å²) in [6, 6.07) is 4.42. The molecule has 2 rings (SSSR count). The fraction of sp³-hybridized carbons (Fsp3) is 0.267. The van der Waals surface area contributed by atoms with Crippen molar-refractivity contribution < 1.29 is 30.7 Å². The van der Waals surface area contributed by atoms with E-state index in [4.69, 9.17) is 23.2 Å². The normalized spacial score (nSPS) is 13.4. The SMILES string of the molecule is C=Cc1cc(CN(N)/N=C(\N)C(F)(F)C(F)(F)C(F)(F)F)nn1-c1ncccc1Cl. The van der Waals surface area contributed by atoms with Crippen LogP contribution < -0.4 is 11.6 Å². The highest BCUT2D eigenvalue weighted by atomic mass is 35.5. The number of hydrazine groups is 1. The van der Waals surface area contributed by atoms with E-state index in [0.29, 0.717) is 5.69 Å². The van der Waals surface area contributed by atoms with Crippen LogP contribution in [-0.4, -0.2) is 43.7 Å². The van der Waals surface area contributed by atoms with E-state index in [2.05, 4.69) is 21.8 Å². The number of hydrogen-bond acceptors (Lipinski definition) is 5. The molecule has 7 nitrogen and oxygen atoms in total. The second-order valence-electron chi connectivity index (χ2n) is 5.71. The molecule has 0 saturated heterocycles. The standard InChI is InChI=1S/C15H13ClF7N7/c1-2-9-6-8(27-30(9)11-10(16)4-3-5-26-11)7-29(25)28-12(24)13(17,18)14(19,20)15(21,22)23/h2-6H,1,7,25H2,(H2,24,28). The smallest absolute Gasteiger partial charge is 0.380 e. The first kappa shape index (κ1) is 23.4. The second kappa shape index (κ2) is 8.10. The van der Waals surface area contributed by atoms with Crippen molar-refractivity contribution in [1.82, 2.24) is 19.9 Å². The molecule has 2 aromatic rings. The van der Waals surface area contributed by atoms with E-state index in [-0.39, 0.29) is 21.7 Å². The van der Waals surface area contributed by atoms with Crippen LogP contribution in [0, 0.1) is 0 Å². The highest BCUT2D eigenvalue weighted by molar-refractivity contribution is 6.32. The lowest BCUT2D eigenvalue weighted by atomic mass is 10.1. The summed E-state index contributed by atoms with van der Waals surface area (Å²) in [5.74, 6) is -9.13. The van der Waals surface area contributed by atoms with Gasteiger partial charge in [-0.3, -0.25) is 0 Å². The maximum absolute atomic E-state index is 13.5. The third kappa shape index (κ3) is 4.33. The summed E-state index contributed by atoms with van der Waals surface area (Å²) in [5.41, 5.74) is 5.07. The molecule has 2 heterocycles. The minimum Gasteiger partial charge on any atom is -0.380 e. The lowest BCUT2D eigenvalue weighted by Crippen LogP contribution is -2.59. The van der Waals surface area contributed by atoms with Gasteiger partial charge in [-0.25, -0.2) is 20.6 Å². The van der Waals surface area contributed by atoms with Gasteiger partial charge in [-0.2, -0.15) is 35.8 Å². The lowest BCUT2D eigenvalue weighted by molar-refractivity contribution is -0.336. The molecule has 0 unspecified atom stereocenters. The van der Waals surface area contributed by atoms with Gasteiger partial charge in [-0.1, -0.05) is 18.2 Å². The minimum absolute atomic E-state index is 0.0385. The zero-order valence-electron chi connectivity index (χ0n) is 14.7. The fourth-order valence-electron chi connectivity index (χ4n) is 2.11. The van der Waals surface area contributed by atoms with Crippen molar-refractivity contribution in [2.45, 2.75) is 24.6 Å². The zero-order valence-corrected chi connectivity index (χ0v) is 15.5. The van der Waals surface area contributed by atoms with Gasteiger partial charge < -0.3 is 5.73 Å². The Hall–Kier alpha value is -2.87. The molecule has 0 aliphatic heterocycles. The highest BCUT2D eigenvalue weighted by Crippen LogP contribution is 2.46. The summed E-state index contributed by atoms with van der Waals surface area (Å²) in [4.78, 5) is 4.02. The molecule has 0 amide bonds. The van der Waals surface area contributed by atoms with E-state index in [1.165, 1.54) is 29.1 Å². The molecule has 0 atom stereocenters. The molecule has 164 valence electrons. The predicted octanol–water partition coefficient (Wildman–Crippen LogP) is 3.34. The molecule has 0 bridgehead atoms. The van der Waals surface area contributed by atoms with Gasteiger partial charge in [0, 0.05) is 6.20 Å². The first-order chi connectivity index (χ1) is 13.7. The van der Waals surface area contributed by atoms with Gasteiger partial charge in [0.25, 0.3) is 0 Å². The Kier molecular flexibility index (Phi) is 6.32. The highest BCUT2D eigenvalue weighted by Gasteiger charge is 2.75. The van der Waals surface area contributed by atoms with Crippen LogP contribution in [-0.2, 0) is 6.54 Å². The van der Waals surface area contributed by atoms with E-state index in [1.807, 2.05) is 0 Å². The Morgan fingerprint density at radius 1 is 1.27 bits per heavy atom. The van der Waals surface area contributed by atoms with Gasteiger partial charge in [0.05, 0.1) is 23.0 Å². The number of aromatic nitrogens is 3. The molecule has 0 aliphatic carbocycles. The van der Waals surface area contributed by atoms with Crippen LogP contribution in [0.2, 0.25) is 5.02 Å². The predicted molar refractivity (Wildman–Crippen MR) is 93.8 cm³/mol. The number of nitrogens with two attached hydrogens (primary N) is 2. The molecule has 2 aromatic heterocycles. The van der Waals surface area contributed by atoms with E-state index < -0.39 is 30.4 Å². The first-order valence-corrected chi connectivity index (χ1v) is 8.11. The van der Waals surface area contributed by atoms with Crippen molar-refractivity contribution in [3.63, 3.8) is 0 Å². The number of amidine groups is 1. The van der Waals surface area contributed by atoms with Gasteiger partial charge in [0.15, 0.2) is 11.7 Å². The van der Waals surface area contributed by atoms with Crippen molar-refractivity contribution in [2.24, 2.45) is 16.7 Å². The maximum Gasteiger partial charge on any atom is 0.460 e. The average molecular weight is 460 g/mol. The molecule has 0 fully saturated rings. The topological polar surface area (TPSA) is 98.4 Å². The van der Waals surface area contributed by atoms with Gasteiger partial charge in [0.1, 0.15) is 0 Å². The lowest BCUT2D eigenvalue weighted by Gasteiger charge is -2.28. The molecular formula is C15H13ClF7N7. The Morgan fingerprint density at radius 2 is 1.90 bits per heavy atom. The molecular weight excluding hydrogens is 447 g/mol. The fourth-order valence-corrected chi connectivity index (χ4v) is 2.32. The van der Waals surface area contributed by atoms with E-state index in [1.54, 1.807) is 6.07 Å². The summed E-state index contributed by atoms with van der Waals surface area (Å²) in [6.07, 6.45) is -3.80. The number of hydrogen-bond donors (Lipinski definition) is 2. The molecule has 30 heavy (non-hydrogen) atoms. The Labute approximate surface area is 169 Å². The molecule has 0 saturated carbocycles. The molecule has 0 spiro atoms. The summed E-state index contributed by atoms with van der Waals surface area (Å²) >= 11 is 6.02. The number of nitrogens with zero attached hydrogens (tertiary/aromatic N) is 5. The van der Waals surface area contributed by atoms with Crippen molar-refractivity contribution in [1.29, 1.82) is 0 Å². The molecule has 0 aliphatic rings. The number of pyridine rings is 1. The van der Waals surface area contributed by atoms with Gasteiger partial charge in [-0.05, 0) is 24.3 Å². The van der Waals surface area contributed by atoms with Crippen molar-refractivity contribution in [3.8, 4) is 5.82 Å². The summed E-state index contributed by atoms with van der Waals surface area (Å²) in [6.45, 7) is 2.97. The van der Waals surface area contributed by atoms with Crippen LogP contribution in [0.5, 0.6) is 0 Å².